The number of nitrogens with two attached hydrogens (primary N) is 1. The van der Waals surface area contributed by atoms with Crippen molar-refractivity contribution in [2.24, 2.45) is 5.73 Å². The first-order chi connectivity index (χ1) is 8.40. The molecule has 1 unspecified atom stereocenters. The Balaban J connectivity index is 4.25. The lowest BCUT2D eigenvalue weighted by molar-refractivity contribution is -0.126. The zero-order chi connectivity index (χ0) is 14.1. The molecule has 0 rings (SSSR count). The topological polar surface area (TPSA) is 58.4 Å². The lowest BCUT2D eigenvalue weighted by Crippen LogP contribution is -2.50. The van der Waals surface area contributed by atoms with Crippen LogP contribution in [0.5, 0.6) is 0 Å². The van der Waals surface area contributed by atoms with Gasteiger partial charge in [0, 0.05) is 19.1 Å². The van der Waals surface area contributed by atoms with Crippen LogP contribution in [0.25, 0.3) is 0 Å². The Labute approximate surface area is 116 Å². The van der Waals surface area contributed by atoms with Crippen molar-refractivity contribution in [2.75, 3.05) is 13.1 Å². The number of hydrogen-bond acceptors (Lipinski definition) is 3. The normalized spacial score (nSPS) is 12.8. The minimum Gasteiger partial charge on any atom is -0.392 e. The highest BCUT2D eigenvalue weighted by Crippen LogP contribution is 2.05. The van der Waals surface area contributed by atoms with Crippen molar-refractivity contribution in [3.05, 3.63) is 0 Å². The highest BCUT2D eigenvalue weighted by Gasteiger charge is 2.23. The van der Waals surface area contributed by atoms with Crippen molar-refractivity contribution in [1.82, 2.24) is 10.2 Å². The Hall–Kier alpha value is -0.680. The van der Waals surface area contributed by atoms with Crippen LogP contribution < -0.4 is 11.1 Å². The third-order valence-electron chi connectivity index (χ3n) is 2.96. The Morgan fingerprint density at radius 1 is 1.33 bits per heavy atom. The molecule has 0 aromatic rings. The smallest absolute Gasteiger partial charge is 0.237 e. The van der Waals surface area contributed by atoms with Crippen molar-refractivity contribution in [2.45, 2.75) is 59.0 Å². The van der Waals surface area contributed by atoms with Gasteiger partial charge in [-0.1, -0.05) is 32.0 Å². The summed E-state index contributed by atoms with van der Waals surface area (Å²) in [7, 11) is 0. The number of thiocarbonyl (C=S) groups is 1. The molecule has 1 amide bonds. The molecule has 0 aliphatic heterocycles. The standard InChI is InChI=1S/C13H27N3OS/c1-5-6-7-8-15-13(17)11(4)16(10(2)3)9-12(14)18/h10-11H,5-9H2,1-4H3,(H2,14,18)(H,15,17). The summed E-state index contributed by atoms with van der Waals surface area (Å²) in [5.41, 5.74) is 5.57. The fourth-order valence-electron chi connectivity index (χ4n) is 1.83. The first-order valence-electron chi connectivity index (χ1n) is 6.71. The minimum atomic E-state index is -0.201. The highest BCUT2D eigenvalue weighted by molar-refractivity contribution is 7.80. The van der Waals surface area contributed by atoms with Crippen LogP contribution in [0.3, 0.4) is 0 Å². The van der Waals surface area contributed by atoms with Crippen molar-refractivity contribution < 1.29 is 4.79 Å². The molecular formula is C13H27N3OS. The van der Waals surface area contributed by atoms with Gasteiger partial charge in [0.1, 0.15) is 0 Å². The van der Waals surface area contributed by atoms with Crippen molar-refractivity contribution >= 4 is 23.1 Å². The van der Waals surface area contributed by atoms with Crippen LogP contribution in [0.2, 0.25) is 0 Å². The summed E-state index contributed by atoms with van der Waals surface area (Å²) in [6.45, 7) is 9.35. The monoisotopic (exact) mass is 273 g/mol. The van der Waals surface area contributed by atoms with Crippen molar-refractivity contribution in [3.8, 4) is 0 Å². The third-order valence-corrected chi connectivity index (χ3v) is 3.09. The van der Waals surface area contributed by atoms with Crippen LogP contribution >= 0.6 is 12.2 Å². The predicted octanol–water partition coefficient (Wildman–Crippen LogP) is 1.68. The molecule has 0 aliphatic rings. The molecule has 0 fully saturated rings. The molecule has 0 aromatic heterocycles. The number of carbonyl (C=O) groups excluding carboxylic acids is 1. The van der Waals surface area contributed by atoms with E-state index in [-0.39, 0.29) is 18.0 Å². The first kappa shape index (κ1) is 17.3. The average molecular weight is 273 g/mol. The number of nitrogens with one attached hydrogen (secondary N) is 1. The largest absolute Gasteiger partial charge is 0.392 e. The molecule has 0 spiro atoms. The second-order valence-electron chi connectivity index (χ2n) is 4.91. The molecule has 0 saturated carbocycles. The van der Waals surface area contributed by atoms with E-state index in [0.29, 0.717) is 11.5 Å². The van der Waals surface area contributed by atoms with Crippen LogP contribution in [0.15, 0.2) is 0 Å². The molecule has 0 aromatic carbocycles. The van der Waals surface area contributed by atoms with Gasteiger partial charge in [0.2, 0.25) is 5.91 Å². The van der Waals surface area contributed by atoms with Gasteiger partial charge < -0.3 is 11.1 Å². The number of hydrogen-bond donors (Lipinski definition) is 2. The fourth-order valence-corrected chi connectivity index (χ4v) is 1.98. The summed E-state index contributed by atoms with van der Waals surface area (Å²) in [6.07, 6.45) is 3.34. The van der Waals surface area contributed by atoms with Crippen LogP contribution in [0.4, 0.5) is 0 Å². The molecule has 0 saturated heterocycles. The summed E-state index contributed by atoms with van der Waals surface area (Å²) in [6, 6.07) is 0.0380. The fraction of sp³-hybridized carbons (Fsp3) is 0.846. The summed E-state index contributed by atoms with van der Waals surface area (Å²) < 4.78 is 0. The van der Waals surface area contributed by atoms with E-state index >= 15 is 0 Å². The summed E-state index contributed by atoms with van der Waals surface area (Å²) in [5, 5.41) is 2.96. The van der Waals surface area contributed by atoms with Crippen LogP contribution in [-0.2, 0) is 4.79 Å². The summed E-state index contributed by atoms with van der Waals surface area (Å²) in [5.74, 6) is 0.0519. The Morgan fingerprint density at radius 2 is 1.94 bits per heavy atom. The summed E-state index contributed by atoms with van der Waals surface area (Å²) in [4.78, 5) is 14.4. The molecule has 0 radical (unpaired) electrons. The third kappa shape index (κ3) is 6.91. The van der Waals surface area contributed by atoms with Crippen LogP contribution in [0, 0.1) is 0 Å². The van der Waals surface area contributed by atoms with Gasteiger partial charge in [-0.2, -0.15) is 0 Å². The predicted molar refractivity (Wildman–Crippen MR) is 80.6 cm³/mol. The second-order valence-corrected chi connectivity index (χ2v) is 5.43. The minimum absolute atomic E-state index is 0.0519. The average Bonchev–Trinajstić information content (AvgIpc) is 2.30. The maximum Gasteiger partial charge on any atom is 0.237 e. The van der Waals surface area contributed by atoms with Gasteiger partial charge in [-0.3, -0.25) is 9.69 Å². The van der Waals surface area contributed by atoms with E-state index in [1.165, 1.54) is 0 Å². The van der Waals surface area contributed by atoms with Crippen LogP contribution in [0.1, 0.15) is 47.0 Å². The van der Waals surface area contributed by atoms with E-state index in [0.717, 1.165) is 25.8 Å². The molecule has 3 N–H and O–H groups in total. The van der Waals surface area contributed by atoms with E-state index in [1.54, 1.807) is 0 Å². The molecule has 0 heterocycles. The molecule has 1 atom stereocenters. The lowest BCUT2D eigenvalue weighted by atomic mass is 10.2. The van der Waals surface area contributed by atoms with Gasteiger partial charge in [0.05, 0.1) is 11.0 Å². The lowest BCUT2D eigenvalue weighted by Gasteiger charge is -2.31. The van der Waals surface area contributed by atoms with E-state index in [9.17, 15) is 4.79 Å². The molecule has 5 heteroatoms. The molecule has 106 valence electrons. The van der Waals surface area contributed by atoms with Gasteiger partial charge in [-0.25, -0.2) is 0 Å². The maximum atomic E-state index is 12.0. The van der Waals surface area contributed by atoms with Crippen molar-refractivity contribution in [3.63, 3.8) is 0 Å². The number of nitrogens with zero attached hydrogens (tertiary/aromatic N) is 1. The number of carbonyl (C=O) groups is 1. The molecule has 0 bridgehead atoms. The van der Waals surface area contributed by atoms with Gasteiger partial charge in [0.25, 0.3) is 0 Å². The SMILES string of the molecule is CCCCCNC(=O)C(C)N(CC(N)=S)C(C)C. The number of amides is 1. The number of rotatable bonds is 9. The van der Waals surface area contributed by atoms with E-state index < -0.39 is 0 Å². The quantitative estimate of drug-likeness (QED) is 0.496. The molecule has 18 heavy (non-hydrogen) atoms. The zero-order valence-corrected chi connectivity index (χ0v) is 12.8. The Bertz CT molecular complexity index is 269. The van der Waals surface area contributed by atoms with E-state index in [4.69, 9.17) is 18.0 Å². The van der Waals surface area contributed by atoms with Crippen molar-refractivity contribution in [1.29, 1.82) is 0 Å². The molecule has 4 nitrogen and oxygen atoms in total. The zero-order valence-electron chi connectivity index (χ0n) is 12.0. The second kappa shape index (κ2) is 9.28. The van der Waals surface area contributed by atoms with Gasteiger partial charge in [0.15, 0.2) is 0 Å². The molecule has 0 aliphatic carbocycles. The van der Waals surface area contributed by atoms with Crippen LogP contribution in [-0.4, -0.2) is 41.0 Å². The van der Waals surface area contributed by atoms with Gasteiger partial charge in [-0.15, -0.1) is 0 Å². The highest BCUT2D eigenvalue weighted by atomic mass is 32.1. The maximum absolute atomic E-state index is 12.0. The van der Waals surface area contributed by atoms with Gasteiger partial charge in [-0.05, 0) is 27.2 Å². The Morgan fingerprint density at radius 3 is 2.39 bits per heavy atom. The molecular weight excluding hydrogens is 246 g/mol. The van der Waals surface area contributed by atoms with E-state index in [1.807, 2.05) is 25.7 Å². The number of unbranched alkanes of at least 4 members (excludes halogenated alkanes) is 2. The summed E-state index contributed by atoms with van der Waals surface area (Å²) >= 11 is 4.92. The Kier molecular flexibility index (Phi) is 8.93. The first-order valence-corrected chi connectivity index (χ1v) is 7.12. The van der Waals surface area contributed by atoms with Gasteiger partial charge >= 0.3 is 0 Å². The van der Waals surface area contributed by atoms with E-state index in [2.05, 4.69) is 12.2 Å².